The van der Waals surface area contributed by atoms with Gasteiger partial charge in [-0.2, -0.15) is 0 Å². The molecule has 2 N–H and O–H groups in total. The molecule has 0 unspecified atom stereocenters. The molecule has 23 heavy (non-hydrogen) atoms. The molecule has 2 nitrogen and oxygen atoms in total. The fourth-order valence-corrected chi connectivity index (χ4v) is 7.48. The summed E-state index contributed by atoms with van der Waals surface area (Å²) < 4.78 is 0. The Morgan fingerprint density at radius 3 is 2.43 bits per heavy atom. The molecule has 4 fully saturated rings. The van der Waals surface area contributed by atoms with E-state index >= 15 is 0 Å². The third-order valence-corrected chi connectivity index (χ3v) is 9.21. The summed E-state index contributed by atoms with van der Waals surface area (Å²) in [5.74, 6) is 2.88. The number of aliphatic hydroxyl groups excluding tert-OH is 1. The molecule has 0 heterocycles. The van der Waals surface area contributed by atoms with E-state index in [9.17, 15) is 10.2 Å². The van der Waals surface area contributed by atoms with Crippen molar-refractivity contribution in [2.45, 2.75) is 83.8 Å². The second kappa shape index (κ2) is 4.85. The molecule has 0 amide bonds. The van der Waals surface area contributed by atoms with Gasteiger partial charge in [0.05, 0.1) is 11.7 Å². The Bertz CT molecular complexity index is 524. The third kappa shape index (κ3) is 2.00. The van der Waals surface area contributed by atoms with Gasteiger partial charge >= 0.3 is 0 Å². The minimum Gasteiger partial charge on any atom is -0.390 e. The zero-order valence-corrected chi connectivity index (χ0v) is 15.1. The molecule has 4 aliphatic rings. The van der Waals surface area contributed by atoms with Gasteiger partial charge in [0, 0.05) is 0 Å². The van der Waals surface area contributed by atoms with Gasteiger partial charge in [-0.25, -0.2) is 0 Å². The summed E-state index contributed by atoms with van der Waals surface area (Å²) in [5.41, 5.74) is 1.03. The Hall–Kier alpha value is -0.340. The molecule has 0 aromatic rings. The molecule has 4 rings (SSSR count). The smallest absolute Gasteiger partial charge is 0.0750 e. The fourth-order valence-electron chi connectivity index (χ4n) is 7.48. The molecule has 0 aliphatic heterocycles. The lowest BCUT2D eigenvalue weighted by molar-refractivity contribution is -0.146. The SMILES string of the molecule is C=C1C[C@@]2(C)[C@@H](CC[C@@H]3[C@@H]2CC[C@@]2(C)[C@H]3CC[C@]2(C)O)C[C@H]1O. The molecule has 4 saturated carbocycles. The monoisotopic (exact) mass is 318 g/mol. The van der Waals surface area contributed by atoms with Gasteiger partial charge in [0.1, 0.15) is 0 Å². The minimum atomic E-state index is -0.479. The highest BCUT2D eigenvalue weighted by Gasteiger charge is 2.63. The summed E-state index contributed by atoms with van der Waals surface area (Å²) in [6.07, 6.45) is 8.84. The van der Waals surface area contributed by atoms with Crippen LogP contribution in [0, 0.1) is 34.5 Å². The first kappa shape index (κ1) is 16.1. The summed E-state index contributed by atoms with van der Waals surface area (Å²) in [5, 5.41) is 21.2. The Balaban J connectivity index is 1.66. The molecule has 4 aliphatic carbocycles. The lowest BCUT2D eigenvalue weighted by Crippen LogP contribution is -2.56. The van der Waals surface area contributed by atoms with Crippen molar-refractivity contribution < 1.29 is 10.2 Å². The molecule has 0 aromatic carbocycles. The third-order valence-electron chi connectivity index (χ3n) is 9.21. The quantitative estimate of drug-likeness (QED) is 0.654. The van der Waals surface area contributed by atoms with Gasteiger partial charge in [-0.05, 0) is 98.4 Å². The molecule has 8 atom stereocenters. The van der Waals surface area contributed by atoms with Crippen molar-refractivity contribution in [1.82, 2.24) is 0 Å². The van der Waals surface area contributed by atoms with Crippen LogP contribution in [0.5, 0.6) is 0 Å². The highest BCUT2D eigenvalue weighted by molar-refractivity contribution is 5.18. The van der Waals surface area contributed by atoms with E-state index in [4.69, 9.17) is 0 Å². The molecular weight excluding hydrogens is 284 g/mol. The average Bonchev–Trinajstić information content (AvgIpc) is 2.71. The highest BCUT2D eigenvalue weighted by atomic mass is 16.3. The van der Waals surface area contributed by atoms with Crippen molar-refractivity contribution in [1.29, 1.82) is 0 Å². The molecule has 2 heteroatoms. The van der Waals surface area contributed by atoms with Crippen LogP contribution < -0.4 is 0 Å². The fraction of sp³-hybridized carbons (Fsp3) is 0.905. The van der Waals surface area contributed by atoms with Gasteiger partial charge in [-0.3, -0.25) is 0 Å². The average molecular weight is 319 g/mol. The number of hydrogen-bond donors (Lipinski definition) is 2. The van der Waals surface area contributed by atoms with Crippen LogP contribution in [0.1, 0.15) is 72.1 Å². The van der Waals surface area contributed by atoms with E-state index in [1.807, 2.05) is 0 Å². The van der Waals surface area contributed by atoms with Crippen molar-refractivity contribution >= 4 is 0 Å². The van der Waals surface area contributed by atoms with Crippen molar-refractivity contribution in [3.05, 3.63) is 12.2 Å². The Morgan fingerprint density at radius 1 is 1.00 bits per heavy atom. The minimum absolute atomic E-state index is 0.114. The predicted molar refractivity (Wildman–Crippen MR) is 92.9 cm³/mol. The topological polar surface area (TPSA) is 40.5 Å². The van der Waals surface area contributed by atoms with E-state index in [0.29, 0.717) is 17.3 Å². The van der Waals surface area contributed by atoms with Crippen LogP contribution in [0.25, 0.3) is 0 Å². The highest BCUT2D eigenvalue weighted by Crippen LogP contribution is 2.68. The van der Waals surface area contributed by atoms with E-state index in [2.05, 4.69) is 27.4 Å². The summed E-state index contributed by atoms with van der Waals surface area (Å²) in [6, 6.07) is 0. The van der Waals surface area contributed by atoms with Crippen LogP contribution in [0.2, 0.25) is 0 Å². The number of hydrogen-bond acceptors (Lipinski definition) is 2. The second-order valence-electron chi connectivity index (χ2n) is 10.0. The molecule has 0 radical (unpaired) electrons. The molecule has 0 spiro atoms. The Labute approximate surface area is 141 Å². The van der Waals surface area contributed by atoms with E-state index in [-0.39, 0.29) is 11.5 Å². The lowest BCUT2D eigenvalue weighted by atomic mass is 9.44. The van der Waals surface area contributed by atoms with Gasteiger partial charge in [-0.1, -0.05) is 20.4 Å². The summed E-state index contributed by atoms with van der Waals surface area (Å²) >= 11 is 0. The van der Waals surface area contributed by atoms with Crippen LogP contribution in [0.4, 0.5) is 0 Å². The molecule has 0 bridgehead atoms. The van der Waals surface area contributed by atoms with Crippen LogP contribution in [0.15, 0.2) is 12.2 Å². The number of rotatable bonds is 0. The van der Waals surface area contributed by atoms with E-state index in [1.165, 1.54) is 32.1 Å². The van der Waals surface area contributed by atoms with E-state index in [1.54, 1.807) is 0 Å². The lowest BCUT2D eigenvalue weighted by Gasteiger charge is -2.61. The van der Waals surface area contributed by atoms with Crippen molar-refractivity contribution in [2.75, 3.05) is 0 Å². The maximum atomic E-state index is 11.0. The van der Waals surface area contributed by atoms with Gasteiger partial charge in [0.15, 0.2) is 0 Å². The molecular formula is C21H34O2. The molecule has 130 valence electrons. The summed E-state index contributed by atoms with van der Waals surface area (Å²) in [6.45, 7) is 11.1. The summed E-state index contributed by atoms with van der Waals surface area (Å²) in [7, 11) is 0. The second-order valence-corrected chi connectivity index (χ2v) is 10.0. The standard InChI is InChI=1S/C21H34O2/c1-13-12-19(2)14(11-18(13)22)5-6-15-16(19)7-9-20(3)17(15)8-10-21(20,4)23/h14-18,22-23H,1,5-12H2,2-4H3/t14-,15+,16-,17-,18+,19-,20-,21-/m0/s1. The maximum Gasteiger partial charge on any atom is 0.0750 e. The van der Waals surface area contributed by atoms with Crippen molar-refractivity contribution in [2.24, 2.45) is 34.5 Å². The van der Waals surface area contributed by atoms with Crippen LogP contribution in [-0.4, -0.2) is 21.9 Å². The number of fused-ring (bicyclic) bond motifs is 5. The number of aliphatic hydroxyl groups is 2. The zero-order chi connectivity index (χ0) is 16.6. The van der Waals surface area contributed by atoms with Gasteiger partial charge in [0.25, 0.3) is 0 Å². The summed E-state index contributed by atoms with van der Waals surface area (Å²) in [4.78, 5) is 0. The largest absolute Gasteiger partial charge is 0.390 e. The van der Waals surface area contributed by atoms with E-state index < -0.39 is 5.60 Å². The van der Waals surface area contributed by atoms with Gasteiger partial charge < -0.3 is 10.2 Å². The Morgan fingerprint density at radius 2 is 1.70 bits per heavy atom. The van der Waals surface area contributed by atoms with Gasteiger partial charge in [0.2, 0.25) is 0 Å². The first-order chi connectivity index (χ1) is 10.7. The Kier molecular flexibility index (Phi) is 3.40. The van der Waals surface area contributed by atoms with E-state index in [0.717, 1.165) is 36.7 Å². The maximum absolute atomic E-state index is 11.0. The van der Waals surface area contributed by atoms with Crippen molar-refractivity contribution in [3.8, 4) is 0 Å². The first-order valence-corrected chi connectivity index (χ1v) is 9.77. The molecule has 0 aromatic heterocycles. The predicted octanol–water partition coefficient (Wildman–Crippen LogP) is 4.31. The van der Waals surface area contributed by atoms with Crippen LogP contribution in [0.3, 0.4) is 0 Å². The normalized spacial score (nSPS) is 59.2. The van der Waals surface area contributed by atoms with Crippen LogP contribution in [-0.2, 0) is 0 Å². The van der Waals surface area contributed by atoms with Gasteiger partial charge in [-0.15, -0.1) is 0 Å². The zero-order valence-electron chi connectivity index (χ0n) is 15.1. The van der Waals surface area contributed by atoms with Crippen LogP contribution >= 0.6 is 0 Å². The van der Waals surface area contributed by atoms with Crippen molar-refractivity contribution in [3.63, 3.8) is 0 Å². The molecule has 0 saturated heterocycles. The first-order valence-electron chi connectivity index (χ1n) is 9.77.